The second-order valence-corrected chi connectivity index (χ2v) is 3.83. The normalized spacial score (nSPS) is 10.3. The molecule has 1 nitrogen and oxygen atoms in total. The summed E-state index contributed by atoms with van der Waals surface area (Å²) in [5, 5.41) is 3.32. The minimum atomic E-state index is 0.438. The molecule has 1 aromatic carbocycles. The van der Waals surface area contributed by atoms with E-state index in [2.05, 4.69) is 56.9 Å². The van der Waals surface area contributed by atoms with Crippen molar-refractivity contribution >= 4 is 5.70 Å². The van der Waals surface area contributed by atoms with Gasteiger partial charge in [0.15, 0.2) is 0 Å². The summed E-state index contributed by atoms with van der Waals surface area (Å²) >= 11 is 0. The molecule has 0 unspecified atom stereocenters. The van der Waals surface area contributed by atoms with Crippen molar-refractivity contribution in [2.75, 3.05) is 0 Å². The molecule has 0 radical (unpaired) electrons. The monoisotopic (exact) mass is 189 g/mol. The van der Waals surface area contributed by atoms with E-state index >= 15 is 0 Å². The quantitative estimate of drug-likeness (QED) is 0.767. The van der Waals surface area contributed by atoms with Gasteiger partial charge >= 0.3 is 0 Å². The molecule has 1 heteroatoms. The van der Waals surface area contributed by atoms with Gasteiger partial charge in [-0.2, -0.15) is 0 Å². The van der Waals surface area contributed by atoms with E-state index in [1.807, 2.05) is 0 Å². The maximum absolute atomic E-state index is 4.03. The minimum Gasteiger partial charge on any atom is -0.383 e. The van der Waals surface area contributed by atoms with Gasteiger partial charge in [-0.1, -0.05) is 31.7 Å². The van der Waals surface area contributed by atoms with Gasteiger partial charge in [0.2, 0.25) is 0 Å². The Bertz CT molecular complexity index is 313. The van der Waals surface area contributed by atoms with Gasteiger partial charge in [0.1, 0.15) is 0 Å². The average Bonchev–Trinajstić information content (AvgIpc) is 2.17. The van der Waals surface area contributed by atoms with Crippen LogP contribution in [0.3, 0.4) is 0 Å². The van der Waals surface area contributed by atoms with Crippen LogP contribution in [-0.2, 0) is 6.42 Å². The maximum atomic E-state index is 4.03. The summed E-state index contributed by atoms with van der Waals surface area (Å²) in [7, 11) is 0. The van der Waals surface area contributed by atoms with Crippen LogP contribution in [0.1, 0.15) is 31.9 Å². The average molecular weight is 189 g/mol. The summed E-state index contributed by atoms with van der Waals surface area (Å²) in [6.07, 6.45) is 1.07. The maximum Gasteiger partial charge on any atom is 0.0342 e. The predicted octanol–water partition coefficient (Wildman–Crippen LogP) is 3.22. The van der Waals surface area contributed by atoms with E-state index in [0.717, 1.165) is 12.1 Å². The predicted molar refractivity (Wildman–Crippen MR) is 63.1 cm³/mol. The smallest absolute Gasteiger partial charge is 0.0342 e. The topological polar surface area (TPSA) is 12.0 Å². The Morgan fingerprint density at radius 2 is 2.14 bits per heavy atom. The highest BCUT2D eigenvalue weighted by molar-refractivity contribution is 5.62. The van der Waals surface area contributed by atoms with Crippen LogP contribution in [-0.4, -0.2) is 6.04 Å². The fraction of sp³-hybridized carbons (Fsp3) is 0.385. The van der Waals surface area contributed by atoms with Gasteiger partial charge in [0.05, 0.1) is 0 Å². The number of nitrogens with one attached hydrogen (secondary N) is 1. The lowest BCUT2D eigenvalue weighted by Crippen LogP contribution is -2.20. The lowest BCUT2D eigenvalue weighted by atomic mass is 10.1. The molecule has 0 aromatic heterocycles. The van der Waals surface area contributed by atoms with Gasteiger partial charge in [-0.25, -0.2) is 0 Å². The van der Waals surface area contributed by atoms with Gasteiger partial charge in [-0.3, -0.25) is 0 Å². The molecule has 0 heterocycles. The third-order valence-electron chi connectivity index (χ3n) is 2.15. The summed E-state index contributed by atoms with van der Waals surface area (Å²) < 4.78 is 0. The van der Waals surface area contributed by atoms with E-state index in [4.69, 9.17) is 0 Å². The summed E-state index contributed by atoms with van der Waals surface area (Å²) in [6.45, 7) is 10.4. The molecule has 0 aliphatic rings. The lowest BCUT2D eigenvalue weighted by molar-refractivity contribution is 0.718. The molecule has 76 valence electrons. The zero-order valence-corrected chi connectivity index (χ0v) is 9.30. The molecule has 0 aliphatic carbocycles. The van der Waals surface area contributed by atoms with Crippen LogP contribution < -0.4 is 5.32 Å². The zero-order valence-electron chi connectivity index (χ0n) is 9.30. The third-order valence-corrected chi connectivity index (χ3v) is 2.15. The molecule has 14 heavy (non-hydrogen) atoms. The largest absolute Gasteiger partial charge is 0.383 e. The molecular weight excluding hydrogens is 170 g/mol. The van der Waals surface area contributed by atoms with Crippen molar-refractivity contribution in [2.24, 2.45) is 0 Å². The summed E-state index contributed by atoms with van der Waals surface area (Å²) in [5.41, 5.74) is 3.56. The molecule has 0 spiro atoms. The first-order valence-corrected chi connectivity index (χ1v) is 5.18. The second-order valence-electron chi connectivity index (χ2n) is 3.83. The first-order chi connectivity index (χ1) is 6.63. The molecule has 0 bridgehead atoms. The van der Waals surface area contributed by atoms with Crippen LogP contribution in [0.5, 0.6) is 0 Å². The number of rotatable bonds is 4. The van der Waals surface area contributed by atoms with Gasteiger partial charge in [-0.05, 0) is 37.5 Å². The highest BCUT2D eigenvalue weighted by atomic mass is 14.9. The Kier molecular flexibility index (Phi) is 3.75. The van der Waals surface area contributed by atoms with Gasteiger partial charge in [0.25, 0.3) is 0 Å². The van der Waals surface area contributed by atoms with Crippen molar-refractivity contribution in [2.45, 2.75) is 33.2 Å². The van der Waals surface area contributed by atoms with Crippen LogP contribution in [0.15, 0.2) is 30.8 Å². The molecule has 0 fully saturated rings. The van der Waals surface area contributed by atoms with Crippen LogP contribution in [0.4, 0.5) is 0 Å². The third kappa shape index (κ3) is 2.91. The van der Waals surface area contributed by atoms with E-state index < -0.39 is 0 Å². The lowest BCUT2D eigenvalue weighted by Gasteiger charge is -2.13. The first-order valence-electron chi connectivity index (χ1n) is 5.18. The van der Waals surface area contributed by atoms with Crippen molar-refractivity contribution < 1.29 is 0 Å². The van der Waals surface area contributed by atoms with E-state index in [0.29, 0.717) is 6.04 Å². The van der Waals surface area contributed by atoms with Crippen molar-refractivity contribution in [3.05, 3.63) is 42.0 Å². The van der Waals surface area contributed by atoms with Gasteiger partial charge in [-0.15, -0.1) is 0 Å². The molecule has 0 saturated heterocycles. The molecule has 0 atom stereocenters. The van der Waals surface area contributed by atoms with E-state index in [1.165, 1.54) is 11.1 Å². The number of benzene rings is 1. The summed E-state index contributed by atoms with van der Waals surface area (Å²) in [6, 6.07) is 8.95. The van der Waals surface area contributed by atoms with E-state index in [9.17, 15) is 0 Å². The highest BCUT2D eigenvalue weighted by Crippen LogP contribution is 2.12. The Morgan fingerprint density at radius 1 is 1.43 bits per heavy atom. The fourth-order valence-electron chi connectivity index (χ4n) is 1.41. The van der Waals surface area contributed by atoms with E-state index in [-0.39, 0.29) is 0 Å². The Balaban J connectivity index is 2.79. The minimum absolute atomic E-state index is 0.438. The number of hydrogen-bond acceptors (Lipinski definition) is 1. The zero-order chi connectivity index (χ0) is 10.6. The fourth-order valence-corrected chi connectivity index (χ4v) is 1.41. The molecule has 0 amide bonds. The SMILES string of the molecule is C=C(NC(C)C)c1cccc(CC)c1. The van der Waals surface area contributed by atoms with Crippen LogP contribution in [0, 0.1) is 0 Å². The van der Waals surface area contributed by atoms with Crippen LogP contribution >= 0.6 is 0 Å². The molecule has 0 saturated carbocycles. The standard InChI is InChI=1S/C13H19N/c1-5-12-7-6-8-13(9-12)11(4)14-10(2)3/h6-10,14H,4-5H2,1-3H3. The first kappa shape index (κ1) is 10.8. The summed E-state index contributed by atoms with van der Waals surface area (Å²) in [5.74, 6) is 0. The van der Waals surface area contributed by atoms with Crippen molar-refractivity contribution in [1.29, 1.82) is 0 Å². The van der Waals surface area contributed by atoms with Crippen molar-refractivity contribution in [3.8, 4) is 0 Å². The van der Waals surface area contributed by atoms with Gasteiger partial charge < -0.3 is 5.32 Å². The summed E-state index contributed by atoms with van der Waals surface area (Å²) in [4.78, 5) is 0. The van der Waals surface area contributed by atoms with Gasteiger partial charge in [0, 0.05) is 11.7 Å². The molecular formula is C13H19N. The van der Waals surface area contributed by atoms with E-state index in [1.54, 1.807) is 0 Å². The molecule has 0 aliphatic heterocycles. The Morgan fingerprint density at radius 3 is 2.71 bits per heavy atom. The second kappa shape index (κ2) is 4.85. The number of aryl methyl sites for hydroxylation is 1. The van der Waals surface area contributed by atoms with Crippen molar-refractivity contribution in [3.63, 3.8) is 0 Å². The molecule has 1 N–H and O–H groups in total. The number of hydrogen-bond donors (Lipinski definition) is 1. The Labute approximate surface area is 86.8 Å². The Hall–Kier alpha value is -1.24. The van der Waals surface area contributed by atoms with Crippen LogP contribution in [0.2, 0.25) is 0 Å². The van der Waals surface area contributed by atoms with Crippen LogP contribution in [0.25, 0.3) is 5.70 Å². The molecule has 1 aromatic rings. The van der Waals surface area contributed by atoms with Crippen molar-refractivity contribution in [1.82, 2.24) is 5.32 Å². The molecule has 1 rings (SSSR count). The highest BCUT2D eigenvalue weighted by Gasteiger charge is 2.00.